The molecule has 2 N–H and O–H groups in total. The Hall–Kier alpha value is -0.810. The van der Waals surface area contributed by atoms with Gasteiger partial charge in [0.25, 0.3) is 0 Å². The van der Waals surface area contributed by atoms with Crippen molar-refractivity contribution in [3.05, 3.63) is 28.8 Å². The molecule has 0 radical (unpaired) electrons. The van der Waals surface area contributed by atoms with Gasteiger partial charge in [-0.3, -0.25) is 4.90 Å². The summed E-state index contributed by atoms with van der Waals surface area (Å²) in [5, 5.41) is 13.3. The molecule has 5 heteroatoms. The van der Waals surface area contributed by atoms with Crippen molar-refractivity contribution in [2.24, 2.45) is 0 Å². The molecule has 0 atom stereocenters. The topological polar surface area (TPSA) is 44.7 Å². The molecule has 4 nitrogen and oxygen atoms in total. The van der Waals surface area contributed by atoms with E-state index in [-0.39, 0.29) is 11.3 Å². The van der Waals surface area contributed by atoms with Crippen molar-refractivity contribution in [2.75, 3.05) is 32.8 Å². The normalized spacial score (nSPS) is 17.4. The maximum absolute atomic E-state index is 9.40. The van der Waals surface area contributed by atoms with Gasteiger partial charge in [0.2, 0.25) is 0 Å². The highest BCUT2D eigenvalue weighted by Crippen LogP contribution is 2.23. The van der Waals surface area contributed by atoms with Crippen LogP contribution >= 0.6 is 11.6 Å². The second-order valence-electron chi connectivity index (χ2n) is 5.80. The van der Waals surface area contributed by atoms with E-state index in [0.29, 0.717) is 5.02 Å². The van der Waals surface area contributed by atoms with Crippen LogP contribution in [0.1, 0.15) is 19.4 Å². The van der Waals surface area contributed by atoms with Crippen LogP contribution in [0.2, 0.25) is 5.02 Å². The molecule has 0 amide bonds. The summed E-state index contributed by atoms with van der Waals surface area (Å²) in [6, 6.07) is 5.31. The Labute approximate surface area is 125 Å². The van der Waals surface area contributed by atoms with E-state index >= 15 is 0 Å². The molecule has 2 rings (SSSR count). The summed E-state index contributed by atoms with van der Waals surface area (Å²) in [6.45, 7) is 9.73. The Balaban J connectivity index is 1.83. The molecule has 1 aromatic rings. The molecular formula is C15H23ClN2O2. The van der Waals surface area contributed by atoms with Gasteiger partial charge in [-0.2, -0.15) is 0 Å². The first-order chi connectivity index (χ1) is 9.49. The molecule has 1 aromatic carbocycles. The molecule has 1 saturated heterocycles. The number of morpholine rings is 1. The summed E-state index contributed by atoms with van der Waals surface area (Å²) in [7, 11) is 0. The molecule has 0 saturated carbocycles. The molecule has 1 fully saturated rings. The highest BCUT2D eigenvalue weighted by Gasteiger charge is 2.27. The number of halogens is 1. The van der Waals surface area contributed by atoms with Gasteiger partial charge < -0.3 is 15.2 Å². The first-order valence-corrected chi connectivity index (χ1v) is 7.38. The zero-order valence-corrected chi connectivity index (χ0v) is 12.9. The summed E-state index contributed by atoms with van der Waals surface area (Å²) < 4.78 is 5.39. The minimum atomic E-state index is 0.102. The monoisotopic (exact) mass is 298 g/mol. The second-order valence-corrected chi connectivity index (χ2v) is 6.21. The molecule has 1 aliphatic rings. The number of phenols is 1. The van der Waals surface area contributed by atoms with Gasteiger partial charge >= 0.3 is 0 Å². The number of aromatic hydroxyl groups is 1. The van der Waals surface area contributed by atoms with E-state index in [0.717, 1.165) is 45.0 Å². The average molecular weight is 299 g/mol. The standard InChI is InChI=1S/C15H23ClN2O2/c1-15(2,18-5-7-20-8-6-18)11-17-10-12-3-4-14(19)13(16)9-12/h3-4,9,17,19H,5-8,10-11H2,1-2H3. The van der Waals surface area contributed by atoms with Crippen LogP contribution in [0.4, 0.5) is 0 Å². The van der Waals surface area contributed by atoms with Crippen molar-refractivity contribution in [1.29, 1.82) is 0 Å². The minimum Gasteiger partial charge on any atom is -0.506 e. The van der Waals surface area contributed by atoms with Gasteiger partial charge in [0.15, 0.2) is 0 Å². The quantitative estimate of drug-likeness (QED) is 0.875. The maximum Gasteiger partial charge on any atom is 0.134 e. The highest BCUT2D eigenvalue weighted by atomic mass is 35.5. The summed E-state index contributed by atoms with van der Waals surface area (Å²) >= 11 is 5.90. The molecular weight excluding hydrogens is 276 g/mol. The lowest BCUT2D eigenvalue weighted by molar-refractivity contribution is -0.00966. The van der Waals surface area contributed by atoms with Crippen LogP contribution in [0.25, 0.3) is 0 Å². The Kier molecular flexibility index (Phi) is 5.27. The van der Waals surface area contributed by atoms with Gasteiger partial charge in [0.05, 0.1) is 18.2 Å². The van der Waals surface area contributed by atoms with Crippen LogP contribution in [0.15, 0.2) is 18.2 Å². The van der Waals surface area contributed by atoms with Crippen LogP contribution in [0.5, 0.6) is 5.75 Å². The zero-order valence-electron chi connectivity index (χ0n) is 12.2. The van der Waals surface area contributed by atoms with Crippen molar-refractivity contribution >= 4 is 11.6 Å². The van der Waals surface area contributed by atoms with Gasteiger partial charge in [0, 0.05) is 31.7 Å². The fourth-order valence-electron chi connectivity index (χ4n) is 2.45. The number of nitrogens with zero attached hydrogens (tertiary/aromatic N) is 1. The highest BCUT2D eigenvalue weighted by molar-refractivity contribution is 6.32. The molecule has 112 valence electrons. The fourth-order valence-corrected chi connectivity index (χ4v) is 2.66. The molecule has 0 unspecified atom stereocenters. The second kappa shape index (κ2) is 6.76. The number of hydrogen-bond acceptors (Lipinski definition) is 4. The Morgan fingerprint density at radius 1 is 1.35 bits per heavy atom. The number of hydrogen-bond donors (Lipinski definition) is 2. The lowest BCUT2D eigenvalue weighted by Gasteiger charge is -2.41. The zero-order chi connectivity index (χ0) is 14.6. The van der Waals surface area contributed by atoms with Crippen molar-refractivity contribution in [3.63, 3.8) is 0 Å². The third-order valence-electron chi connectivity index (χ3n) is 3.77. The first kappa shape index (κ1) is 15.6. The molecule has 20 heavy (non-hydrogen) atoms. The van der Waals surface area contributed by atoms with Crippen LogP contribution < -0.4 is 5.32 Å². The number of rotatable bonds is 5. The SMILES string of the molecule is CC(C)(CNCc1ccc(O)c(Cl)c1)N1CCOCC1. The van der Waals surface area contributed by atoms with Crippen LogP contribution in [-0.4, -0.2) is 48.4 Å². The number of phenolic OH excluding ortho intramolecular Hbond substituents is 1. The van der Waals surface area contributed by atoms with Crippen molar-refractivity contribution in [2.45, 2.75) is 25.9 Å². The summed E-state index contributed by atoms with van der Waals surface area (Å²) in [4.78, 5) is 2.45. The van der Waals surface area contributed by atoms with Crippen molar-refractivity contribution < 1.29 is 9.84 Å². The number of ether oxygens (including phenoxy) is 1. The van der Waals surface area contributed by atoms with Crippen molar-refractivity contribution in [1.82, 2.24) is 10.2 Å². The molecule has 1 heterocycles. The lowest BCUT2D eigenvalue weighted by atomic mass is 10.0. The van der Waals surface area contributed by atoms with Gasteiger partial charge in [-0.15, -0.1) is 0 Å². The summed E-state index contributed by atoms with van der Waals surface area (Å²) in [5.74, 6) is 0.129. The average Bonchev–Trinajstić information content (AvgIpc) is 2.44. The molecule has 1 aliphatic heterocycles. The lowest BCUT2D eigenvalue weighted by Crippen LogP contribution is -2.54. The Bertz CT molecular complexity index is 445. The van der Waals surface area contributed by atoms with E-state index < -0.39 is 0 Å². The van der Waals surface area contributed by atoms with E-state index in [2.05, 4.69) is 24.1 Å². The minimum absolute atomic E-state index is 0.102. The molecule has 0 aromatic heterocycles. The van der Waals surface area contributed by atoms with E-state index in [1.807, 2.05) is 6.07 Å². The van der Waals surface area contributed by atoms with Crippen LogP contribution in [-0.2, 0) is 11.3 Å². The van der Waals surface area contributed by atoms with Crippen LogP contribution in [0, 0.1) is 0 Å². The predicted molar refractivity (Wildman–Crippen MR) is 81.3 cm³/mol. The Morgan fingerprint density at radius 2 is 2.05 bits per heavy atom. The Morgan fingerprint density at radius 3 is 2.70 bits per heavy atom. The molecule has 0 bridgehead atoms. The van der Waals surface area contributed by atoms with E-state index in [1.54, 1.807) is 12.1 Å². The third kappa shape index (κ3) is 4.09. The number of benzene rings is 1. The molecule has 0 spiro atoms. The van der Waals surface area contributed by atoms with Gasteiger partial charge in [-0.25, -0.2) is 0 Å². The maximum atomic E-state index is 9.40. The first-order valence-electron chi connectivity index (χ1n) is 7.00. The van der Waals surface area contributed by atoms with E-state index in [9.17, 15) is 5.11 Å². The van der Waals surface area contributed by atoms with Gasteiger partial charge in [-0.1, -0.05) is 17.7 Å². The number of nitrogens with one attached hydrogen (secondary N) is 1. The predicted octanol–water partition coefficient (Wildman–Crippen LogP) is 2.25. The third-order valence-corrected chi connectivity index (χ3v) is 4.07. The van der Waals surface area contributed by atoms with Gasteiger partial charge in [0.1, 0.15) is 5.75 Å². The van der Waals surface area contributed by atoms with E-state index in [4.69, 9.17) is 16.3 Å². The molecule has 0 aliphatic carbocycles. The summed E-state index contributed by atoms with van der Waals surface area (Å²) in [5.41, 5.74) is 1.18. The van der Waals surface area contributed by atoms with Crippen LogP contribution in [0.3, 0.4) is 0 Å². The van der Waals surface area contributed by atoms with E-state index in [1.165, 1.54) is 0 Å². The van der Waals surface area contributed by atoms with Crippen molar-refractivity contribution in [3.8, 4) is 5.75 Å². The van der Waals surface area contributed by atoms with Gasteiger partial charge in [-0.05, 0) is 31.5 Å². The largest absolute Gasteiger partial charge is 0.506 e. The fraction of sp³-hybridized carbons (Fsp3) is 0.600. The summed E-state index contributed by atoms with van der Waals surface area (Å²) in [6.07, 6.45) is 0. The smallest absolute Gasteiger partial charge is 0.134 e.